The zero-order valence-corrected chi connectivity index (χ0v) is 17.0. The van der Waals surface area contributed by atoms with Gasteiger partial charge in [-0.2, -0.15) is 5.10 Å². The SMILES string of the molecule is Cc1ncc(Cl)c(C(=O)Nc2ccn([C@@H]3CCN(C(=O)OC(C)(C)C)C3)n2)n1. The van der Waals surface area contributed by atoms with Gasteiger partial charge in [-0.25, -0.2) is 14.8 Å². The first-order chi connectivity index (χ1) is 13.1. The molecule has 0 spiro atoms. The summed E-state index contributed by atoms with van der Waals surface area (Å²) in [6.07, 6.45) is 3.59. The third-order valence-electron chi connectivity index (χ3n) is 4.12. The third-order valence-corrected chi connectivity index (χ3v) is 4.40. The minimum absolute atomic E-state index is 0.0167. The number of anilines is 1. The van der Waals surface area contributed by atoms with Crippen molar-refractivity contribution in [3.63, 3.8) is 0 Å². The van der Waals surface area contributed by atoms with Gasteiger partial charge >= 0.3 is 6.09 Å². The first-order valence-electron chi connectivity index (χ1n) is 8.96. The van der Waals surface area contributed by atoms with Crippen molar-refractivity contribution in [3.8, 4) is 0 Å². The van der Waals surface area contributed by atoms with Crippen molar-refractivity contribution in [3.05, 3.63) is 35.0 Å². The van der Waals surface area contributed by atoms with Crippen LogP contribution in [0.2, 0.25) is 5.02 Å². The van der Waals surface area contributed by atoms with Gasteiger partial charge in [-0.1, -0.05) is 11.6 Å². The molecule has 1 saturated heterocycles. The van der Waals surface area contributed by atoms with Gasteiger partial charge in [0.05, 0.1) is 17.3 Å². The number of likely N-dealkylation sites (tertiary alicyclic amines) is 1. The summed E-state index contributed by atoms with van der Waals surface area (Å²) in [6.45, 7) is 8.29. The maximum Gasteiger partial charge on any atom is 0.410 e. The zero-order valence-electron chi connectivity index (χ0n) is 16.3. The van der Waals surface area contributed by atoms with Crippen LogP contribution in [0.15, 0.2) is 18.5 Å². The van der Waals surface area contributed by atoms with Gasteiger partial charge in [0.2, 0.25) is 0 Å². The van der Waals surface area contributed by atoms with Crippen LogP contribution in [0, 0.1) is 6.92 Å². The van der Waals surface area contributed by atoms with E-state index in [1.54, 1.807) is 28.8 Å². The molecule has 28 heavy (non-hydrogen) atoms. The normalized spacial score (nSPS) is 16.9. The predicted molar refractivity (Wildman–Crippen MR) is 103 cm³/mol. The fourth-order valence-electron chi connectivity index (χ4n) is 2.85. The fourth-order valence-corrected chi connectivity index (χ4v) is 3.03. The van der Waals surface area contributed by atoms with Crippen LogP contribution < -0.4 is 5.32 Å². The van der Waals surface area contributed by atoms with E-state index in [0.29, 0.717) is 24.7 Å². The molecule has 3 heterocycles. The number of aryl methyl sites for hydroxylation is 1. The van der Waals surface area contributed by atoms with Gasteiger partial charge in [0.15, 0.2) is 11.5 Å². The maximum atomic E-state index is 12.4. The van der Waals surface area contributed by atoms with E-state index in [4.69, 9.17) is 16.3 Å². The molecular formula is C18H23ClN6O3. The van der Waals surface area contributed by atoms with Crippen molar-refractivity contribution in [1.29, 1.82) is 0 Å². The van der Waals surface area contributed by atoms with Crippen LogP contribution in [0.1, 0.15) is 49.5 Å². The van der Waals surface area contributed by atoms with Crippen molar-refractivity contribution in [1.82, 2.24) is 24.6 Å². The van der Waals surface area contributed by atoms with Gasteiger partial charge in [-0.05, 0) is 34.1 Å². The molecule has 3 rings (SSSR count). The van der Waals surface area contributed by atoms with E-state index in [0.717, 1.165) is 6.42 Å². The van der Waals surface area contributed by atoms with E-state index in [2.05, 4.69) is 20.4 Å². The highest BCUT2D eigenvalue weighted by Crippen LogP contribution is 2.24. The Morgan fingerprint density at radius 2 is 2.11 bits per heavy atom. The summed E-state index contributed by atoms with van der Waals surface area (Å²) >= 11 is 6.00. The Morgan fingerprint density at radius 1 is 1.36 bits per heavy atom. The van der Waals surface area contributed by atoms with Crippen LogP contribution in [0.4, 0.5) is 10.6 Å². The van der Waals surface area contributed by atoms with Crippen molar-refractivity contribution >= 4 is 29.4 Å². The molecule has 1 aliphatic heterocycles. The van der Waals surface area contributed by atoms with Crippen LogP contribution in [0.25, 0.3) is 0 Å². The molecule has 1 fully saturated rings. The Bertz CT molecular complexity index is 892. The maximum absolute atomic E-state index is 12.4. The molecule has 0 radical (unpaired) electrons. The molecule has 150 valence electrons. The van der Waals surface area contributed by atoms with Crippen LogP contribution >= 0.6 is 11.6 Å². The second kappa shape index (κ2) is 7.75. The molecule has 0 saturated carbocycles. The highest BCUT2D eigenvalue weighted by molar-refractivity contribution is 6.33. The first kappa shape index (κ1) is 20.1. The van der Waals surface area contributed by atoms with Crippen molar-refractivity contribution in [2.45, 2.75) is 45.8 Å². The Kier molecular flexibility index (Phi) is 5.55. The number of nitrogens with zero attached hydrogens (tertiary/aromatic N) is 5. The molecule has 1 N–H and O–H groups in total. The number of carbonyl (C=O) groups is 2. The van der Waals surface area contributed by atoms with E-state index in [1.165, 1.54) is 6.20 Å². The van der Waals surface area contributed by atoms with Crippen molar-refractivity contribution in [2.24, 2.45) is 0 Å². The first-order valence-corrected chi connectivity index (χ1v) is 9.34. The number of carbonyl (C=O) groups excluding carboxylic acids is 2. The summed E-state index contributed by atoms with van der Waals surface area (Å²) < 4.78 is 7.15. The lowest BCUT2D eigenvalue weighted by atomic mass is 10.2. The van der Waals surface area contributed by atoms with Crippen LogP contribution in [-0.4, -0.2) is 55.3 Å². The predicted octanol–water partition coefficient (Wildman–Crippen LogP) is 3.07. The number of halogens is 1. The molecule has 9 nitrogen and oxygen atoms in total. The Balaban J connectivity index is 1.62. The highest BCUT2D eigenvalue weighted by Gasteiger charge is 2.31. The number of ether oxygens (including phenoxy) is 1. The third kappa shape index (κ3) is 4.78. The van der Waals surface area contributed by atoms with Crippen molar-refractivity contribution < 1.29 is 14.3 Å². The minimum Gasteiger partial charge on any atom is -0.444 e. The smallest absolute Gasteiger partial charge is 0.410 e. The lowest BCUT2D eigenvalue weighted by molar-refractivity contribution is 0.0288. The topological polar surface area (TPSA) is 102 Å². The standard InChI is InChI=1S/C18H23ClN6O3/c1-11-20-9-13(19)15(21-11)16(26)22-14-6-8-25(23-14)12-5-7-24(10-12)17(27)28-18(2,3)4/h6,8-9,12H,5,7,10H2,1-4H3,(H,22,23,26)/t12-/m1/s1. The molecule has 10 heteroatoms. The van der Waals surface area contributed by atoms with E-state index < -0.39 is 11.5 Å². The summed E-state index contributed by atoms with van der Waals surface area (Å²) in [7, 11) is 0. The quantitative estimate of drug-likeness (QED) is 0.840. The Morgan fingerprint density at radius 3 is 2.82 bits per heavy atom. The fraction of sp³-hybridized carbons (Fsp3) is 0.500. The lowest BCUT2D eigenvalue weighted by Gasteiger charge is -2.24. The number of hydrogen-bond acceptors (Lipinski definition) is 6. The molecular weight excluding hydrogens is 384 g/mol. The Labute approximate surface area is 168 Å². The summed E-state index contributed by atoms with van der Waals surface area (Å²) in [6, 6.07) is 1.71. The van der Waals surface area contributed by atoms with Crippen LogP contribution in [-0.2, 0) is 4.74 Å². The van der Waals surface area contributed by atoms with Gasteiger partial charge in [0, 0.05) is 25.4 Å². The van der Waals surface area contributed by atoms with Crippen LogP contribution in [0.3, 0.4) is 0 Å². The summed E-state index contributed by atoms with van der Waals surface area (Å²) in [4.78, 5) is 34.3. The van der Waals surface area contributed by atoms with Gasteiger partial charge in [0.25, 0.3) is 5.91 Å². The van der Waals surface area contributed by atoms with E-state index in [9.17, 15) is 9.59 Å². The van der Waals surface area contributed by atoms with E-state index in [-0.39, 0.29) is 22.9 Å². The van der Waals surface area contributed by atoms with E-state index >= 15 is 0 Å². The summed E-state index contributed by atoms with van der Waals surface area (Å²) in [5.41, 5.74) is -0.431. The molecule has 0 aliphatic carbocycles. The number of nitrogens with one attached hydrogen (secondary N) is 1. The van der Waals surface area contributed by atoms with Gasteiger partial charge < -0.3 is 15.0 Å². The van der Waals surface area contributed by atoms with E-state index in [1.807, 2.05) is 20.8 Å². The lowest BCUT2D eigenvalue weighted by Crippen LogP contribution is -2.35. The largest absolute Gasteiger partial charge is 0.444 e. The number of hydrogen-bond donors (Lipinski definition) is 1. The molecule has 1 aliphatic rings. The minimum atomic E-state index is -0.529. The van der Waals surface area contributed by atoms with Crippen molar-refractivity contribution in [2.75, 3.05) is 18.4 Å². The zero-order chi connectivity index (χ0) is 20.5. The molecule has 2 aromatic rings. The Hall–Kier alpha value is -2.68. The van der Waals surface area contributed by atoms with Gasteiger partial charge in [0.1, 0.15) is 11.4 Å². The molecule has 0 unspecified atom stereocenters. The highest BCUT2D eigenvalue weighted by atomic mass is 35.5. The molecule has 2 aromatic heterocycles. The van der Waals surface area contributed by atoms with Crippen LogP contribution in [0.5, 0.6) is 0 Å². The molecule has 0 aromatic carbocycles. The molecule has 0 bridgehead atoms. The second-order valence-corrected chi connectivity index (χ2v) is 8.02. The molecule has 2 amide bonds. The molecule has 1 atom stereocenters. The monoisotopic (exact) mass is 406 g/mol. The number of aromatic nitrogens is 4. The van der Waals surface area contributed by atoms with Gasteiger partial charge in [-0.15, -0.1) is 0 Å². The van der Waals surface area contributed by atoms with Gasteiger partial charge in [-0.3, -0.25) is 9.48 Å². The number of amides is 2. The summed E-state index contributed by atoms with van der Waals surface area (Å²) in [5, 5.41) is 7.25. The summed E-state index contributed by atoms with van der Waals surface area (Å²) in [5.74, 6) is 0.379. The number of rotatable bonds is 3. The average molecular weight is 407 g/mol. The average Bonchev–Trinajstić information content (AvgIpc) is 3.24. The second-order valence-electron chi connectivity index (χ2n) is 7.62.